The average molecular weight is 363 g/mol. The third-order valence-electron chi connectivity index (χ3n) is 4.58. The second kappa shape index (κ2) is 8.31. The Morgan fingerprint density at radius 3 is 1.82 bits per heavy atom. The van der Waals surface area contributed by atoms with Gasteiger partial charge in [0, 0.05) is 30.1 Å². The third-order valence-corrected chi connectivity index (χ3v) is 4.58. The molecular weight excluding hydrogens is 342 g/mol. The molecule has 0 unspecified atom stereocenters. The maximum absolute atomic E-state index is 4.89. The minimum Gasteiger partial charge on any atom is -0.388 e. The molecule has 136 valence electrons. The first-order chi connectivity index (χ1) is 13.8. The van der Waals surface area contributed by atoms with Gasteiger partial charge >= 0.3 is 0 Å². The lowest BCUT2D eigenvalue weighted by molar-refractivity contribution is 1.30. The predicted octanol–water partition coefficient (Wildman–Crippen LogP) is 6.21. The number of pyridine rings is 1. The van der Waals surface area contributed by atoms with Gasteiger partial charge in [0.25, 0.3) is 0 Å². The summed E-state index contributed by atoms with van der Waals surface area (Å²) in [6, 6.07) is 30.8. The Bertz CT molecular complexity index is 1010. The van der Waals surface area contributed by atoms with E-state index in [2.05, 4.69) is 71.0 Å². The largest absolute Gasteiger partial charge is 0.388 e. The molecule has 4 aromatic rings. The minimum absolute atomic E-state index is 0.832. The van der Waals surface area contributed by atoms with E-state index >= 15 is 0 Å². The van der Waals surface area contributed by atoms with Gasteiger partial charge in [-0.2, -0.15) is 0 Å². The number of benzene rings is 3. The zero-order valence-electron chi connectivity index (χ0n) is 15.7. The normalized spacial score (nSPS) is 10.9. The van der Waals surface area contributed by atoms with Crippen LogP contribution in [0.15, 0.2) is 102 Å². The maximum atomic E-state index is 4.89. The fourth-order valence-corrected chi connectivity index (χ4v) is 3.18. The lowest BCUT2D eigenvalue weighted by atomic mass is 9.95. The molecule has 0 aliphatic rings. The van der Waals surface area contributed by atoms with Crippen LogP contribution < -0.4 is 5.32 Å². The highest BCUT2D eigenvalue weighted by Gasteiger charge is 2.13. The number of aromatic nitrogens is 1. The highest BCUT2D eigenvalue weighted by atomic mass is 14.8. The minimum atomic E-state index is 0.832. The molecular formula is C25H21N3. The molecule has 0 radical (unpaired) electrons. The van der Waals surface area contributed by atoms with Gasteiger partial charge < -0.3 is 5.32 Å². The monoisotopic (exact) mass is 363 g/mol. The van der Waals surface area contributed by atoms with Crippen molar-refractivity contribution in [3.8, 4) is 22.3 Å². The van der Waals surface area contributed by atoms with E-state index in [-0.39, 0.29) is 0 Å². The molecule has 0 bridgehead atoms. The van der Waals surface area contributed by atoms with Crippen LogP contribution in [0, 0.1) is 0 Å². The standard InChI is InChI=1S/C25H21N3/c1-26-22-16-23(19-10-4-2-5-11-19)25(28-18-21-14-8-9-15-27-21)24(17-22)20-12-6-3-7-13-20/h2-18,26H,1H3. The Morgan fingerprint density at radius 2 is 1.32 bits per heavy atom. The van der Waals surface area contributed by atoms with Crippen molar-refractivity contribution in [3.63, 3.8) is 0 Å². The van der Waals surface area contributed by atoms with Crippen LogP contribution in [0.4, 0.5) is 11.4 Å². The van der Waals surface area contributed by atoms with E-state index in [9.17, 15) is 0 Å². The van der Waals surface area contributed by atoms with Gasteiger partial charge in [-0.05, 0) is 35.4 Å². The van der Waals surface area contributed by atoms with Crippen LogP contribution in [0.5, 0.6) is 0 Å². The summed E-state index contributed by atoms with van der Waals surface area (Å²) in [5.74, 6) is 0. The molecule has 3 heteroatoms. The van der Waals surface area contributed by atoms with Crippen molar-refractivity contribution in [1.29, 1.82) is 0 Å². The van der Waals surface area contributed by atoms with Gasteiger partial charge in [-0.1, -0.05) is 66.7 Å². The fraction of sp³-hybridized carbons (Fsp3) is 0.0400. The van der Waals surface area contributed by atoms with Crippen molar-refractivity contribution in [2.75, 3.05) is 12.4 Å². The van der Waals surface area contributed by atoms with E-state index < -0.39 is 0 Å². The van der Waals surface area contributed by atoms with Crippen LogP contribution in [-0.4, -0.2) is 18.2 Å². The SMILES string of the molecule is CNc1cc(-c2ccccc2)c(N=Cc2ccccn2)c(-c2ccccc2)c1. The summed E-state index contributed by atoms with van der Waals surface area (Å²) in [5, 5.41) is 3.28. The van der Waals surface area contributed by atoms with E-state index in [1.165, 1.54) is 0 Å². The highest BCUT2D eigenvalue weighted by Crippen LogP contribution is 2.41. The first kappa shape index (κ1) is 17.7. The third kappa shape index (κ3) is 3.84. The Hall–Kier alpha value is -3.72. The maximum Gasteiger partial charge on any atom is 0.0812 e. The van der Waals surface area contributed by atoms with Gasteiger partial charge in [-0.15, -0.1) is 0 Å². The van der Waals surface area contributed by atoms with Crippen LogP contribution >= 0.6 is 0 Å². The number of anilines is 1. The van der Waals surface area contributed by atoms with Crippen LogP contribution in [0.1, 0.15) is 5.69 Å². The number of nitrogens with one attached hydrogen (secondary N) is 1. The van der Waals surface area contributed by atoms with Gasteiger partial charge in [0.15, 0.2) is 0 Å². The van der Waals surface area contributed by atoms with Gasteiger partial charge in [0.05, 0.1) is 17.6 Å². The Kier molecular flexibility index (Phi) is 5.25. The lowest BCUT2D eigenvalue weighted by Gasteiger charge is -2.15. The molecule has 1 aromatic heterocycles. The summed E-state index contributed by atoms with van der Waals surface area (Å²) in [6.45, 7) is 0. The van der Waals surface area contributed by atoms with Gasteiger partial charge in [-0.3, -0.25) is 9.98 Å². The van der Waals surface area contributed by atoms with Crippen LogP contribution in [-0.2, 0) is 0 Å². The molecule has 0 fully saturated rings. The molecule has 0 atom stereocenters. The van der Waals surface area contributed by atoms with Crippen molar-refractivity contribution in [1.82, 2.24) is 4.98 Å². The van der Waals surface area contributed by atoms with E-state index in [4.69, 9.17) is 4.99 Å². The quantitative estimate of drug-likeness (QED) is 0.428. The Labute approximate surface area is 165 Å². The van der Waals surface area contributed by atoms with E-state index in [1.54, 1.807) is 6.20 Å². The first-order valence-corrected chi connectivity index (χ1v) is 9.27. The number of rotatable bonds is 5. The summed E-state index contributed by atoms with van der Waals surface area (Å²) in [7, 11) is 1.94. The van der Waals surface area contributed by atoms with Crippen molar-refractivity contribution < 1.29 is 0 Å². The molecule has 0 aliphatic carbocycles. The van der Waals surface area contributed by atoms with Crippen LogP contribution in [0.2, 0.25) is 0 Å². The molecule has 0 saturated heterocycles. The van der Waals surface area contributed by atoms with Crippen LogP contribution in [0.25, 0.3) is 22.3 Å². The Morgan fingerprint density at radius 1 is 0.750 bits per heavy atom. The zero-order chi connectivity index (χ0) is 19.2. The Balaban J connectivity index is 1.95. The molecule has 1 heterocycles. The molecule has 3 nitrogen and oxygen atoms in total. The zero-order valence-corrected chi connectivity index (χ0v) is 15.7. The molecule has 28 heavy (non-hydrogen) atoms. The first-order valence-electron chi connectivity index (χ1n) is 9.27. The molecule has 1 N–H and O–H groups in total. The number of hydrogen-bond acceptors (Lipinski definition) is 3. The fourth-order valence-electron chi connectivity index (χ4n) is 3.18. The lowest BCUT2D eigenvalue weighted by Crippen LogP contribution is -1.93. The number of aliphatic imine (C=N–C) groups is 1. The second-order valence-corrected chi connectivity index (χ2v) is 6.41. The smallest absolute Gasteiger partial charge is 0.0812 e. The highest BCUT2D eigenvalue weighted by molar-refractivity contribution is 5.94. The average Bonchev–Trinajstić information content (AvgIpc) is 2.79. The molecule has 3 aromatic carbocycles. The summed E-state index contributed by atoms with van der Waals surface area (Å²) in [6.07, 6.45) is 3.61. The summed E-state index contributed by atoms with van der Waals surface area (Å²) in [5.41, 5.74) is 7.24. The molecule has 0 aliphatic heterocycles. The van der Waals surface area contributed by atoms with E-state index in [1.807, 2.05) is 43.6 Å². The van der Waals surface area contributed by atoms with Crippen molar-refractivity contribution >= 4 is 17.6 Å². The van der Waals surface area contributed by atoms with Gasteiger partial charge in [-0.25, -0.2) is 0 Å². The molecule has 0 spiro atoms. The van der Waals surface area contributed by atoms with Gasteiger partial charge in [0.2, 0.25) is 0 Å². The second-order valence-electron chi connectivity index (χ2n) is 6.41. The topological polar surface area (TPSA) is 37.3 Å². The molecule has 0 amide bonds. The van der Waals surface area contributed by atoms with Gasteiger partial charge in [0.1, 0.15) is 0 Å². The van der Waals surface area contributed by atoms with Crippen molar-refractivity contribution in [2.45, 2.75) is 0 Å². The number of hydrogen-bond donors (Lipinski definition) is 1. The van der Waals surface area contributed by atoms with Crippen molar-refractivity contribution in [2.24, 2.45) is 4.99 Å². The van der Waals surface area contributed by atoms with Crippen molar-refractivity contribution in [3.05, 3.63) is 103 Å². The molecule has 4 rings (SSSR count). The summed E-state index contributed by atoms with van der Waals surface area (Å²) < 4.78 is 0. The van der Waals surface area contributed by atoms with Crippen LogP contribution in [0.3, 0.4) is 0 Å². The molecule has 0 saturated carbocycles. The van der Waals surface area contributed by atoms with E-state index in [0.717, 1.165) is 39.3 Å². The summed E-state index contributed by atoms with van der Waals surface area (Å²) in [4.78, 5) is 9.26. The van der Waals surface area contributed by atoms with E-state index in [0.29, 0.717) is 0 Å². The summed E-state index contributed by atoms with van der Waals surface area (Å²) >= 11 is 0. The predicted molar refractivity (Wildman–Crippen MR) is 118 cm³/mol. The number of nitrogens with zero attached hydrogens (tertiary/aromatic N) is 2.